The van der Waals surface area contributed by atoms with Gasteiger partial charge in [0.15, 0.2) is 0 Å². The van der Waals surface area contributed by atoms with Gasteiger partial charge in [-0.1, -0.05) is 12.8 Å². The van der Waals surface area contributed by atoms with Crippen molar-refractivity contribution >= 4 is 11.9 Å². The van der Waals surface area contributed by atoms with Gasteiger partial charge in [-0.2, -0.15) is 0 Å². The van der Waals surface area contributed by atoms with E-state index in [4.69, 9.17) is 9.84 Å². The third-order valence-electron chi connectivity index (χ3n) is 5.71. The Hall–Kier alpha value is -1.10. The maximum absolute atomic E-state index is 12.7. The van der Waals surface area contributed by atoms with Gasteiger partial charge in [0.2, 0.25) is 5.91 Å². The SMILES string of the molecule is CC(C)(C)OC(=O)C1(CCC(=O)N2CCC(CCO)CC2)CCCC1. The lowest BCUT2D eigenvalue weighted by Crippen LogP contribution is -2.40. The molecule has 1 heterocycles. The molecule has 0 bridgehead atoms. The molecule has 0 unspecified atom stereocenters. The number of amides is 1. The molecule has 0 aromatic rings. The molecule has 5 heteroatoms. The van der Waals surface area contributed by atoms with Crippen LogP contribution in [0.2, 0.25) is 0 Å². The van der Waals surface area contributed by atoms with Gasteiger partial charge in [0, 0.05) is 26.1 Å². The molecule has 0 radical (unpaired) electrons. The van der Waals surface area contributed by atoms with Crippen molar-refractivity contribution in [3.63, 3.8) is 0 Å². The van der Waals surface area contributed by atoms with E-state index in [0.717, 1.165) is 58.0 Å². The van der Waals surface area contributed by atoms with Crippen LogP contribution in [0.3, 0.4) is 0 Å². The van der Waals surface area contributed by atoms with Gasteiger partial charge in [0.1, 0.15) is 5.60 Å². The Bertz CT molecular complexity index is 455. The number of hydrogen-bond donors (Lipinski definition) is 1. The highest BCUT2D eigenvalue weighted by atomic mass is 16.6. The van der Waals surface area contributed by atoms with Gasteiger partial charge in [-0.3, -0.25) is 9.59 Å². The zero-order valence-corrected chi connectivity index (χ0v) is 16.2. The van der Waals surface area contributed by atoms with Crippen molar-refractivity contribution in [2.75, 3.05) is 19.7 Å². The zero-order valence-electron chi connectivity index (χ0n) is 16.2. The summed E-state index contributed by atoms with van der Waals surface area (Å²) < 4.78 is 5.66. The fourth-order valence-electron chi connectivity index (χ4n) is 4.15. The summed E-state index contributed by atoms with van der Waals surface area (Å²) in [5.74, 6) is 0.584. The van der Waals surface area contributed by atoms with Crippen LogP contribution in [-0.2, 0) is 14.3 Å². The van der Waals surface area contributed by atoms with Crippen LogP contribution in [0.15, 0.2) is 0 Å². The van der Waals surface area contributed by atoms with Crippen LogP contribution in [0.25, 0.3) is 0 Å². The standard InChI is InChI=1S/C20H35NO4/c1-19(2,3)25-18(24)20(10-4-5-11-20)12-6-17(23)21-13-7-16(8-14-21)9-15-22/h16,22H,4-15H2,1-3H3. The molecule has 1 amide bonds. The van der Waals surface area contributed by atoms with Crippen molar-refractivity contribution in [3.05, 3.63) is 0 Å². The molecule has 1 saturated carbocycles. The number of likely N-dealkylation sites (tertiary alicyclic amines) is 1. The van der Waals surface area contributed by atoms with Crippen LogP contribution in [0.4, 0.5) is 0 Å². The van der Waals surface area contributed by atoms with Crippen LogP contribution >= 0.6 is 0 Å². The molecule has 1 N–H and O–H groups in total. The van der Waals surface area contributed by atoms with Gasteiger partial charge in [-0.15, -0.1) is 0 Å². The smallest absolute Gasteiger partial charge is 0.312 e. The summed E-state index contributed by atoms with van der Waals surface area (Å²) in [5.41, 5.74) is -0.941. The van der Waals surface area contributed by atoms with Crippen molar-refractivity contribution in [2.24, 2.45) is 11.3 Å². The van der Waals surface area contributed by atoms with E-state index in [1.807, 2.05) is 25.7 Å². The molecular formula is C20H35NO4. The van der Waals surface area contributed by atoms with E-state index in [9.17, 15) is 9.59 Å². The number of carbonyl (C=O) groups excluding carboxylic acids is 2. The molecule has 0 aromatic heterocycles. The molecule has 1 aliphatic carbocycles. The van der Waals surface area contributed by atoms with Gasteiger partial charge in [-0.25, -0.2) is 0 Å². The molecule has 5 nitrogen and oxygen atoms in total. The summed E-state index contributed by atoms with van der Waals surface area (Å²) in [7, 11) is 0. The first kappa shape index (κ1) is 20.2. The van der Waals surface area contributed by atoms with Crippen LogP contribution in [0, 0.1) is 11.3 Å². The van der Waals surface area contributed by atoms with E-state index >= 15 is 0 Å². The van der Waals surface area contributed by atoms with Crippen LogP contribution in [0.1, 0.15) is 78.6 Å². The van der Waals surface area contributed by atoms with Crippen molar-refractivity contribution in [1.29, 1.82) is 0 Å². The zero-order chi connectivity index (χ0) is 18.5. The minimum absolute atomic E-state index is 0.119. The average molecular weight is 354 g/mol. The number of aliphatic hydroxyl groups excluding tert-OH is 1. The molecule has 1 aliphatic heterocycles. The number of nitrogens with zero attached hydrogens (tertiary/aromatic N) is 1. The first-order valence-corrected chi connectivity index (χ1v) is 9.88. The summed E-state index contributed by atoms with van der Waals surface area (Å²) in [4.78, 5) is 27.2. The monoisotopic (exact) mass is 353 g/mol. The molecule has 2 aliphatic rings. The summed E-state index contributed by atoms with van der Waals surface area (Å²) in [6.45, 7) is 7.49. The molecule has 2 fully saturated rings. The van der Waals surface area contributed by atoms with Crippen molar-refractivity contribution in [3.8, 4) is 0 Å². The van der Waals surface area contributed by atoms with E-state index in [1.165, 1.54) is 0 Å². The number of rotatable bonds is 6. The van der Waals surface area contributed by atoms with E-state index < -0.39 is 11.0 Å². The highest BCUT2D eigenvalue weighted by Crippen LogP contribution is 2.44. The lowest BCUT2D eigenvalue weighted by Gasteiger charge is -2.34. The first-order valence-electron chi connectivity index (χ1n) is 9.88. The lowest BCUT2D eigenvalue weighted by atomic mass is 9.81. The molecule has 0 atom stereocenters. The maximum atomic E-state index is 12.7. The van der Waals surface area contributed by atoms with Crippen molar-refractivity contribution in [1.82, 2.24) is 4.90 Å². The number of hydrogen-bond acceptors (Lipinski definition) is 4. The minimum Gasteiger partial charge on any atom is -0.460 e. The predicted octanol–water partition coefficient (Wildman–Crippen LogP) is 3.29. The number of ether oxygens (including phenoxy) is 1. The van der Waals surface area contributed by atoms with E-state index in [2.05, 4.69) is 0 Å². The molecule has 2 rings (SSSR count). The third kappa shape index (κ3) is 5.70. The van der Waals surface area contributed by atoms with Crippen LogP contribution in [-0.4, -0.2) is 47.2 Å². The van der Waals surface area contributed by atoms with Crippen molar-refractivity contribution in [2.45, 2.75) is 84.2 Å². The van der Waals surface area contributed by atoms with Crippen LogP contribution in [0.5, 0.6) is 0 Å². The first-order chi connectivity index (χ1) is 11.8. The second kappa shape index (κ2) is 8.52. The second-order valence-corrected chi connectivity index (χ2v) is 8.83. The highest BCUT2D eigenvalue weighted by Gasteiger charge is 2.44. The maximum Gasteiger partial charge on any atom is 0.312 e. The fourth-order valence-corrected chi connectivity index (χ4v) is 4.15. The van der Waals surface area contributed by atoms with E-state index in [-0.39, 0.29) is 18.5 Å². The third-order valence-corrected chi connectivity index (χ3v) is 5.71. The fraction of sp³-hybridized carbons (Fsp3) is 0.900. The number of aliphatic hydroxyl groups is 1. The van der Waals surface area contributed by atoms with Gasteiger partial charge in [0.25, 0.3) is 0 Å². The van der Waals surface area contributed by atoms with Gasteiger partial charge < -0.3 is 14.7 Å². The summed E-state index contributed by atoms with van der Waals surface area (Å²) in [5, 5.41) is 9.04. The Kier molecular flexibility index (Phi) is 6.89. The molecule has 1 saturated heterocycles. The molecule has 25 heavy (non-hydrogen) atoms. The summed E-state index contributed by atoms with van der Waals surface area (Å²) in [6, 6.07) is 0. The van der Waals surface area contributed by atoms with Crippen LogP contribution < -0.4 is 0 Å². The Labute approximate surface area is 152 Å². The Morgan fingerprint density at radius 1 is 1.16 bits per heavy atom. The van der Waals surface area contributed by atoms with Crippen molar-refractivity contribution < 1.29 is 19.4 Å². The average Bonchev–Trinajstić information content (AvgIpc) is 3.02. The lowest BCUT2D eigenvalue weighted by molar-refractivity contribution is -0.168. The summed E-state index contributed by atoms with van der Waals surface area (Å²) >= 11 is 0. The van der Waals surface area contributed by atoms with Gasteiger partial charge in [0.05, 0.1) is 5.41 Å². The van der Waals surface area contributed by atoms with Gasteiger partial charge in [-0.05, 0) is 65.2 Å². The number of carbonyl (C=O) groups is 2. The Morgan fingerprint density at radius 3 is 2.28 bits per heavy atom. The van der Waals surface area contributed by atoms with E-state index in [1.54, 1.807) is 0 Å². The quantitative estimate of drug-likeness (QED) is 0.744. The largest absolute Gasteiger partial charge is 0.460 e. The second-order valence-electron chi connectivity index (χ2n) is 8.83. The number of esters is 1. The molecular weight excluding hydrogens is 318 g/mol. The summed E-state index contributed by atoms with van der Waals surface area (Å²) in [6.07, 6.45) is 7.60. The highest BCUT2D eigenvalue weighted by molar-refractivity contribution is 5.80. The topological polar surface area (TPSA) is 66.8 Å². The van der Waals surface area contributed by atoms with Gasteiger partial charge >= 0.3 is 5.97 Å². The number of piperidine rings is 1. The minimum atomic E-state index is -0.481. The Balaban J connectivity index is 1.87. The van der Waals surface area contributed by atoms with E-state index in [0.29, 0.717) is 18.8 Å². The normalized spacial score (nSPS) is 21.4. The molecule has 0 spiro atoms. The predicted molar refractivity (Wildman–Crippen MR) is 97.0 cm³/mol. The molecule has 144 valence electrons. The Morgan fingerprint density at radius 2 is 1.76 bits per heavy atom. The molecule has 0 aromatic carbocycles.